The van der Waals surface area contributed by atoms with E-state index in [-0.39, 0.29) is 28.9 Å². The van der Waals surface area contributed by atoms with Gasteiger partial charge in [-0.15, -0.1) is 0 Å². The van der Waals surface area contributed by atoms with Crippen molar-refractivity contribution in [1.29, 1.82) is 0 Å². The zero-order chi connectivity index (χ0) is 22.2. The van der Waals surface area contributed by atoms with E-state index in [0.29, 0.717) is 22.6 Å². The summed E-state index contributed by atoms with van der Waals surface area (Å²) in [5.74, 6) is 0.0403. The minimum Gasteiger partial charge on any atom is -0.376 e. The molecule has 6 nitrogen and oxygen atoms in total. The SMILES string of the molecule is CC(Sc1nc2ccccc2c(=O)n1CC1CCCO1)C(=O)N1c2ccccc2CC1C. The highest BCUT2D eigenvalue weighted by Crippen LogP contribution is 2.34. The summed E-state index contributed by atoms with van der Waals surface area (Å²) in [4.78, 5) is 33.5. The molecule has 0 bridgehead atoms. The molecule has 1 fully saturated rings. The van der Waals surface area contributed by atoms with E-state index in [2.05, 4.69) is 13.0 Å². The lowest BCUT2D eigenvalue weighted by atomic mass is 10.1. The molecule has 3 unspecified atom stereocenters. The fourth-order valence-corrected chi connectivity index (χ4v) is 5.66. The molecule has 0 aliphatic carbocycles. The van der Waals surface area contributed by atoms with Crippen LogP contribution in [-0.4, -0.2) is 39.5 Å². The van der Waals surface area contributed by atoms with Gasteiger partial charge in [-0.1, -0.05) is 42.1 Å². The quantitative estimate of drug-likeness (QED) is 0.435. The molecule has 2 aromatic carbocycles. The number of anilines is 1. The van der Waals surface area contributed by atoms with E-state index in [1.54, 1.807) is 4.57 Å². The summed E-state index contributed by atoms with van der Waals surface area (Å²) in [6.07, 6.45) is 2.80. The minimum atomic E-state index is -0.382. The number of amides is 1. The van der Waals surface area contributed by atoms with E-state index in [1.807, 2.05) is 54.3 Å². The van der Waals surface area contributed by atoms with Crippen molar-refractivity contribution in [3.8, 4) is 0 Å². The number of ether oxygens (including phenoxy) is 1. The highest BCUT2D eigenvalue weighted by molar-refractivity contribution is 8.00. The standard InChI is InChI=1S/C25H27N3O3S/c1-16-14-18-8-3-6-12-22(18)28(16)23(29)17(2)32-25-26-21-11-5-4-10-20(21)24(30)27(25)15-19-9-7-13-31-19/h3-6,8,10-12,16-17,19H,7,9,13-15H2,1-2H3. The number of para-hydroxylation sites is 2. The Bertz CT molecular complexity index is 1220. The van der Waals surface area contributed by atoms with Gasteiger partial charge >= 0.3 is 0 Å². The van der Waals surface area contributed by atoms with Gasteiger partial charge in [0.15, 0.2) is 5.16 Å². The van der Waals surface area contributed by atoms with Crippen LogP contribution in [0.1, 0.15) is 32.3 Å². The summed E-state index contributed by atoms with van der Waals surface area (Å²) < 4.78 is 7.50. The van der Waals surface area contributed by atoms with Crippen molar-refractivity contribution in [2.24, 2.45) is 0 Å². The van der Waals surface area contributed by atoms with E-state index in [1.165, 1.54) is 17.3 Å². The first-order valence-corrected chi connectivity index (χ1v) is 12.1. The van der Waals surface area contributed by atoms with Crippen molar-refractivity contribution in [2.75, 3.05) is 11.5 Å². The molecule has 3 aromatic rings. The minimum absolute atomic E-state index is 0.00602. The van der Waals surface area contributed by atoms with Crippen LogP contribution in [0, 0.1) is 0 Å². The molecule has 0 saturated carbocycles. The van der Waals surface area contributed by atoms with Crippen LogP contribution in [0.3, 0.4) is 0 Å². The number of thioether (sulfide) groups is 1. The van der Waals surface area contributed by atoms with E-state index < -0.39 is 0 Å². The van der Waals surface area contributed by atoms with Gasteiger partial charge in [-0.3, -0.25) is 14.2 Å². The van der Waals surface area contributed by atoms with Crippen molar-refractivity contribution in [3.63, 3.8) is 0 Å². The maximum atomic E-state index is 13.5. The molecule has 1 aromatic heterocycles. The highest BCUT2D eigenvalue weighted by atomic mass is 32.2. The average molecular weight is 450 g/mol. The Morgan fingerprint density at radius 3 is 2.81 bits per heavy atom. The summed E-state index contributed by atoms with van der Waals surface area (Å²) in [5.41, 5.74) is 2.77. The van der Waals surface area contributed by atoms with Crippen LogP contribution in [0.25, 0.3) is 10.9 Å². The van der Waals surface area contributed by atoms with Crippen LogP contribution in [0.2, 0.25) is 0 Å². The Balaban J connectivity index is 1.47. The fourth-order valence-electron chi connectivity index (χ4n) is 4.70. The van der Waals surface area contributed by atoms with Crippen LogP contribution < -0.4 is 10.5 Å². The van der Waals surface area contributed by atoms with Crippen molar-refractivity contribution >= 4 is 34.3 Å². The van der Waals surface area contributed by atoms with Crippen LogP contribution in [0.5, 0.6) is 0 Å². The Kier molecular flexibility index (Phi) is 5.78. The van der Waals surface area contributed by atoms with E-state index in [9.17, 15) is 9.59 Å². The van der Waals surface area contributed by atoms with Crippen molar-refractivity contribution in [1.82, 2.24) is 9.55 Å². The Morgan fingerprint density at radius 2 is 2.00 bits per heavy atom. The lowest BCUT2D eigenvalue weighted by molar-refractivity contribution is -0.118. The third-order valence-electron chi connectivity index (χ3n) is 6.31. The summed E-state index contributed by atoms with van der Waals surface area (Å²) in [5, 5.41) is 0.786. The van der Waals surface area contributed by atoms with Gasteiger partial charge in [-0.2, -0.15) is 0 Å². The largest absolute Gasteiger partial charge is 0.376 e. The third kappa shape index (κ3) is 3.84. The Morgan fingerprint density at radius 1 is 1.22 bits per heavy atom. The smallest absolute Gasteiger partial charge is 0.262 e. The molecule has 2 aliphatic heterocycles. The second kappa shape index (κ2) is 8.71. The van der Waals surface area contributed by atoms with Gasteiger partial charge in [0, 0.05) is 18.3 Å². The van der Waals surface area contributed by atoms with E-state index >= 15 is 0 Å². The van der Waals surface area contributed by atoms with Crippen molar-refractivity contribution in [2.45, 2.75) is 62.2 Å². The number of carbonyl (C=O) groups excluding carboxylic acids is 1. The van der Waals surface area contributed by atoms with Gasteiger partial charge in [-0.05, 0) is 56.9 Å². The van der Waals surface area contributed by atoms with Gasteiger partial charge < -0.3 is 9.64 Å². The number of benzene rings is 2. The monoisotopic (exact) mass is 449 g/mol. The molecular weight excluding hydrogens is 422 g/mol. The summed E-state index contributed by atoms with van der Waals surface area (Å²) in [6.45, 7) is 5.17. The number of rotatable bonds is 5. The van der Waals surface area contributed by atoms with Gasteiger partial charge in [0.05, 0.1) is 28.8 Å². The van der Waals surface area contributed by atoms with Gasteiger partial charge in [0.1, 0.15) is 0 Å². The molecule has 3 heterocycles. The van der Waals surface area contributed by atoms with Crippen LogP contribution in [-0.2, 0) is 22.5 Å². The number of aromatic nitrogens is 2. The zero-order valence-corrected chi connectivity index (χ0v) is 19.2. The van der Waals surface area contributed by atoms with Crippen LogP contribution >= 0.6 is 11.8 Å². The van der Waals surface area contributed by atoms with Crippen molar-refractivity contribution in [3.05, 3.63) is 64.4 Å². The number of fused-ring (bicyclic) bond motifs is 2. The summed E-state index contributed by atoms with van der Waals surface area (Å²) in [7, 11) is 0. The third-order valence-corrected chi connectivity index (χ3v) is 7.39. The summed E-state index contributed by atoms with van der Waals surface area (Å²) >= 11 is 1.36. The molecule has 2 aliphatic rings. The number of nitrogens with zero attached hydrogens (tertiary/aromatic N) is 3. The normalized spacial score (nSPS) is 21.1. The lowest BCUT2D eigenvalue weighted by Crippen LogP contribution is -2.40. The molecule has 0 radical (unpaired) electrons. The molecule has 7 heteroatoms. The molecule has 1 saturated heterocycles. The molecule has 0 spiro atoms. The molecule has 0 N–H and O–H groups in total. The highest BCUT2D eigenvalue weighted by Gasteiger charge is 2.34. The Hall–Kier alpha value is -2.64. The molecule has 32 heavy (non-hydrogen) atoms. The van der Waals surface area contributed by atoms with Gasteiger partial charge in [-0.25, -0.2) is 4.98 Å². The number of hydrogen-bond donors (Lipinski definition) is 0. The second-order valence-corrected chi connectivity index (χ2v) is 9.92. The second-order valence-electron chi connectivity index (χ2n) is 8.61. The predicted octanol–water partition coefficient (Wildman–Crippen LogP) is 4.03. The number of hydrogen-bond acceptors (Lipinski definition) is 5. The molecule has 5 rings (SSSR count). The van der Waals surface area contributed by atoms with E-state index in [4.69, 9.17) is 9.72 Å². The van der Waals surface area contributed by atoms with Gasteiger partial charge in [0.2, 0.25) is 5.91 Å². The molecule has 166 valence electrons. The zero-order valence-electron chi connectivity index (χ0n) is 18.4. The molecule has 3 atom stereocenters. The topological polar surface area (TPSA) is 64.4 Å². The first-order valence-electron chi connectivity index (χ1n) is 11.2. The van der Waals surface area contributed by atoms with Crippen LogP contribution in [0.4, 0.5) is 5.69 Å². The van der Waals surface area contributed by atoms with Crippen molar-refractivity contribution < 1.29 is 9.53 Å². The van der Waals surface area contributed by atoms with Crippen LogP contribution in [0.15, 0.2) is 58.5 Å². The average Bonchev–Trinajstić information content (AvgIpc) is 3.42. The lowest BCUT2D eigenvalue weighted by Gasteiger charge is -2.26. The van der Waals surface area contributed by atoms with E-state index in [0.717, 1.165) is 31.6 Å². The number of carbonyl (C=O) groups is 1. The summed E-state index contributed by atoms with van der Waals surface area (Å²) in [6, 6.07) is 15.6. The molecular formula is C25H27N3O3S. The maximum absolute atomic E-state index is 13.5. The Labute approximate surface area is 191 Å². The maximum Gasteiger partial charge on any atom is 0.262 e. The fraction of sp³-hybridized carbons (Fsp3) is 0.400. The first kappa shape index (κ1) is 21.2. The van der Waals surface area contributed by atoms with Gasteiger partial charge in [0.25, 0.3) is 5.56 Å². The first-order chi connectivity index (χ1) is 15.5. The predicted molar refractivity (Wildman–Crippen MR) is 127 cm³/mol. The molecule has 1 amide bonds.